The van der Waals surface area contributed by atoms with Crippen LogP contribution in [0.3, 0.4) is 0 Å². The highest BCUT2D eigenvalue weighted by Crippen LogP contribution is 2.17. The number of sulfonamides is 1. The van der Waals surface area contributed by atoms with Gasteiger partial charge in [0.05, 0.1) is 6.26 Å². The van der Waals surface area contributed by atoms with Crippen molar-refractivity contribution in [2.45, 2.75) is 19.4 Å². The predicted molar refractivity (Wildman–Crippen MR) is 62.1 cm³/mol. The topological polar surface area (TPSA) is 72.2 Å². The highest BCUT2D eigenvalue weighted by atomic mass is 32.2. The van der Waals surface area contributed by atoms with Crippen LogP contribution in [-0.4, -0.2) is 14.7 Å². The Kier molecular flexibility index (Phi) is 3.71. The van der Waals surface area contributed by atoms with Gasteiger partial charge in [-0.1, -0.05) is 19.1 Å². The molecule has 0 saturated carbocycles. The molecule has 0 aliphatic heterocycles. The van der Waals surface area contributed by atoms with Gasteiger partial charge in [0.2, 0.25) is 10.0 Å². The second kappa shape index (κ2) is 4.63. The Balaban J connectivity index is 2.81. The molecule has 1 aromatic carbocycles. The summed E-state index contributed by atoms with van der Waals surface area (Å²) in [5.41, 5.74) is 7.40. The molecule has 0 spiro atoms. The van der Waals surface area contributed by atoms with E-state index in [4.69, 9.17) is 5.73 Å². The lowest BCUT2D eigenvalue weighted by Crippen LogP contribution is -2.11. The number of rotatable bonds is 4. The molecule has 0 radical (unpaired) electrons. The molecule has 84 valence electrons. The van der Waals surface area contributed by atoms with E-state index in [1.807, 2.05) is 19.1 Å². The summed E-state index contributed by atoms with van der Waals surface area (Å²) < 4.78 is 24.3. The maximum atomic E-state index is 10.9. The van der Waals surface area contributed by atoms with Gasteiger partial charge in [-0.3, -0.25) is 4.72 Å². The van der Waals surface area contributed by atoms with Crippen LogP contribution in [0.2, 0.25) is 0 Å². The highest BCUT2D eigenvalue weighted by Gasteiger charge is 2.04. The van der Waals surface area contributed by atoms with Crippen LogP contribution in [0.5, 0.6) is 0 Å². The summed E-state index contributed by atoms with van der Waals surface area (Å²) in [6.07, 6.45) is 1.98. The molecule has 1 unspecified atom stereocenters. The van der Waals surface area contributed by atoms with Crippen molar-refractivity contribution >= 4 is 15.7 Å². The fraction of sp³-hybridized carbons (Fsp3) is 0.400. The van der Waals surface area contributed by atoms with Crippen LogP contribution in [0, 0.1) is 0 Å². The Labute approximate surface area is 90.5 Å². The molecule has 15 heavy (non-hydrogen) atoms. The van der Waals surface area contributed by atoms with Crippen molar-refractivity contribution in [3.63, 3.8) is 0 Å². The zero-order valence-corrected chi connectivity index (χ0v) is 9.71. The maximum Gasteiger partial charge on any atom is 0.229 e. The number of nitrogens with one attached hydrogen (secondary N) is 1. The molecule has 0 aliphatic rings. The van der Waals surface area contributed by atoms with E-state index in [2.05, 4.69) is 4.72 Å². The molecule has 3 N–H and O–H groups in total. The molecule has 5 heteroatoms. The fourth-order valence-corrected chi connectivity index (χ4v) is 1.81. The second-order valence-corrected chi connectivity index (χ2v) is 5.26. The zero-order chi connectivity index (χ0) is 11.5. The van der Waals surface area contributed by atoms with Gasteiger partial charge in [-0.2, -0.15) is 0 Å². The van der Waals surface area contributed by atoms with E-state index in [1.54, 1.807) is 12.1 Å². The molecule has 0 aliphatic carbocycles. The van der Waals surface area contributed by atoms with Gasteiger partial charge in [0.1, 0.15) is 0 Å². The highest BCUT2D eigenvalue weighted by molar-refractivity contribution is 7.92. The summed E-state index contributed by atoms with van der Waals surface area (Å²) in [4.78, 5) is 0. The van der Waals surface area contributed by atoms with Crippen LogP contribution in [0.15, 0.2) is 24.3 Å². The van der Waals surface area contributed by atoms with Crippen molar-refractivity contribution in [1.29, 1.82) is 0 Å². The molecule has 0 aromatic heterocycles. The Morgan fingerprint density at radius 3 is 2.27 bits per heavy atom. The number of benzene rings is 1. The van der Waals surface area contributed by atoms with E-state index < -0.39 is 10.0 Å². The molecule has 0 saturated heterocycles. The van der Waals surface area contributed by atoms with Crippen LogP contribution in [-0.2, 0) is 10.0 Å². The smallest absolute Gasteiger partial charge is 0.229 e. The molecule has 0 fully saturated rings. The number of anilines is 1. The van der Waals surface area contributed by atoms with E-state index in [1.165, 1.54) is 0 Å². The lowest BCUT2D eigenvalue weighted by atomic mass is 10.1. The lowest BCUT2D eigenvalue weighted by molar-refractivity contribution is 0.607. The molecule has 1 rings (SSSR count). The van der Waals surface area contributed by atoms with Gasteiger partial charge in [0.25, 0.3) is 0 Å². The normalized spacial score (nSPS) is 13.5. The van der Waals surface area contributed by atoms with E-state index in [0.29, 0.717) is 5.69 Å². The van der Waals surface area contributed by atoms with E-state index in [9.17, 15) is 8.42 Å². The summed E-state index contributed by atoms with van der Waals surface area (Å²) in [5, 5.41) is 0. The molecule has 0 bridgehead atoms. The van der Waals surface area contributed by atoms with Crippen LogP contribution in [0.4, 0.5) is 5.69 Å². The van der Waals surface area contributed by atoms with E-state index >= 15 is 0 Å². The molecule has 4 nitrogen and oxygen atoms in total. The summed E-state index contributed by atoms with van der Waals surface area (Å²) >= 11 is 0. The molecule has 1 atom stereocenters. The van der Waals surface area contributed by atoms with Crippen molar-refractivity contribution < 1.29 is 8.42 Å². The van der Waals surface area contributed by atoms with E-state index in [-0.39, 0.29) is 6.04 Å². The predicted octanol–water partition coefficient (Wildman–Crippen LogP) is 1.47. The Morgan fingerprint density at radius 2 is 1.87 bits per heavy atom. The first-order chi connectivity index (χ1) is 6.92. The first-order valence-corrected chi connectivity index (χ1v) is 6.65. The van der Waals surface area contributed by atoms with Gasteiger partial charge in [-0.25, -0.2) is 8.42 Å². The van der Waals surface area contributed by atoms with Crippen molar-refractivity contribution in [1.82, 2.24) is 0 Å². The van der Waals surface area contributed by atoms with Crippen LogP contribution in [0.1, 0.15) is 24.9 Å². The quantitative estimate of drug-likeness (QED) is 0.819. The first kappa shape index (κ1) is 12.0. The number of nitrogens with two attached hydrogens (primary N) is 1. The third-order valence-electron chi connectivity index (χ3n) is 2.08. The maximum absolute atomic E-state index is 10.9. The standard InChI is InChI=1S/C10H16N2O2S/c1-3-10(11)8-4-6-9(7-5-8)12-15(2,13)14/h4-7,10,12H,3,11H2,1-2H3. The molecule has 0 amide bonds. The minimum absolute atomic E-state index is 0.0114. The average Bonchev–Trinajstić information content (AvgIpc) is 2.15. The molecular weight excluding hydrogens is 212 g/mol. The van der Waals surface area contributed by atoms with Gasteiger partial charge >= 0.3 is 0 Å². The second-order valence-electron chi connectivity index (χ2n) is 3.51. The van der Waals surface area contributed by atoms with Crippen molar-refractivity contribution in [2.24, 2.45) is 5.73 Å². The van der Waals surface area contributed by atoms with Gasteiger partial charge in [0, 0.05) is 11.7 Å². The Bertz CT molecular complexity index is 412. The zero-order valence-electron chi connectivity index (χ0n) is 8.90. The minimum atomic E-state index is -3.20. The summed E-state index contributed by atoms with van der Waals surface area (Å²) in [6.45, 7) is 2.01. The summed E-state index contributed by atoms with van der Waals surface area (Å²) in [6, 6.07) is 7.11. The third kappa shape index (κ3) is 3.89. The average molecular weight is 228 g/mol. The van der Waals surface area contributed by atoms with Crippen LogP contribution < -0.4 is 10.5 Å². The summed E-state index contributed by atoms with van der Waals surface area (Å²) in [5.74, 6) is 0. The van der Waals surface area contributed by atoms with Gasteiger partial charge in [0.15, 0.2) is 0 Å². The van der Waals surface area contributed by atoms with Crippen molar-refractivity contribution in [3.05, 3.63) is 29.8 Å². The summed E-state index contributed by atoms with van der Waals surface area (Å²) in [7, 11) is -3.20. The number of hydrogen-bond acceptors (Lipinski definition) is 3. The minimum Gasteiger partial charge on any atom is -0.324 e. The van der Waals surface area contributed by atoms with Gasteiger partial charge in [-0.15, -0.1) is 0 Å². The van der Waals surface area contributed by atoms with Crippen LogP contribution in [0.25, 0.3) is 0 Å². The number of hydrogen-bond donors (Lipinski definition) is 2. The molecule has 0 heterocycles. The third-order valence-corrected chi connectivity index (χ3v) is 2.69. The van der Waals surface area contributed by atoms with E-state index in [0.717, 1.165) is 18.2 Å². The SMILES string of the molecule is CCC(N)c1ccc(NS(C)(=O)=O)cc1. The van der Waals surface area contributed by atoms with Gasteiger partial charge in [-0.05, 0) is 24.1 Å². The largest absolute Gasteiger partial charge is 0.324 e. The monoisotopic (exact) mass is 228 g/mol. The molecular formula is C10H16N2O2S. The Hall–Kier alpha value is -1.07. The first-order valence-electron chi connectivity index (χ1n) is 4.75. The van der Waals surface area contributed by atoms with Crippen LogP contribution >= 0.6 is 0 Å². The lowest BCUT2D eigenvalue weighted by Gasteiger charge is -2.10. The van der Waals surface area contributed by atoms with Gasteiger partial charge < -0.3 is 5.73 Å². The molecule has 1 aromatic rings. The fourth-order valence-electron chi connectivity index (χ4n) is 1.25. The Morgan fingerprint density at radius 1 is 1.33 bits per heavy atom. The van der Waals surface area contributed by atoms with Crippen molar-refractivity contribution in [3.8, 4) is 0 Å². The van der Waals surface area contributed by atoms with Crippen molar-refractivity contribution in [2.75, 3.05) is 11.0 Å².